The Morgan fingerprint density at radius 3 is 2.20 bits per heavy atom. The summed E-state index contributed by atoms with van der Waals surface area (Å²) in [5.41, 5.74) is 14.2. The van der Waals surface area contributed by atoms with Crippen LogP contribution in [0.2, 0.25) is 0 Å². The van der Waals surface area contributed by atoms with Crippen LogP contribution < -0.4 is 16.8 Å². The topological polar surface area (TPSA) is 111 Å². The molecule has 0 aromatic rings. The summed E-state index contributed by atoms with van der Waals surface area (Å²) < 4.78 is 6.13. The van der Waals surface area contributed by atoms with Crippen LogP contribution in [0.1, 0.15) is 178 Å². The summed E-state index contributed by atoms with van der Waals surface area (Å²) in [6, 6.07) is 0. The number of fused-ring (bicyclic) bond motifs is 5. The molecule has 7 nitrogen and oxygen atoms in total. The minimum absolute atomic E-state index is 0. The van der Waals surface area contributed by atoms with Crippen LogP contribution in [0, 0.1) is 46.3 Å². The van der Waals surface area contributed by atoms with Gasteiger partial charge in [0.25, 0.3) is 0 Å². The van der Waals surface area contributed by atoms with Crippen molar-refractivity contribution in [2.24, 2.45) is 57.8 Å². The van der Waals surface area contributed by atoms with Crippen LogP contribution in [-0.4, -0.2) is 60.1 Å². The fourth-order valence-electron chi connectivity index (χ4n) is 11.4. The van der Waals surface area contributed by atoms with Crippen molar-refractivity contribution in [3.05, 3.63) is 11.6 Å². The van der Waals surface area contributed by atoms with Gasteiger partial charge in [0.15, 0.2) is 0 Å². The Bertz CT molecular complexity index is 1220. The zero-order valence-electron chi connectivity index (χ0n) is 37.2. The number of amides is 1. The molecule has 4 aliphatic rings. The third-order valence-electron chi connectivity index (χ3n) is 14.7. The Hall–Kier alpha value is -0.570. The van der Waals surface area contributed by atoms with Gasteiger partial charge in [0, 0.05) is 43.4 Å². The van der Waals surface area contributed by atoms with Crippen molar-refractivity contribution < 1.29 is 14.3 Å². The molecule has 0 aromatic carbocycles. The Morgan fingerprint density at radius 1 is 0.839 bits per heavy atom. The van der Waals surface area contributed by atoms with Crippen LogP contribution in [-0.2, 0) is 14.3 Å². The van der Waals surface area contributed by atoms with Gasteiger partial charge in [-0.15, -0.1) is 37.2 Å². The first-order chi connectivity index (χ1) is 24.8. The minimum atomic E-state index is -0.327. The number of halogens is 3. The highest BCUT2D eigenvalue weighted by Crippen LogP contribution is 2.67. The van der Waals surface area contributed by atoms with E-state index in [9.17, 15) is 9.59 Å². The number of hydrogen-bond donors (Lipinski definition) is 3. The molecule has 0 aliphatic heterocycles. The number of hydrogen-bond acceptors (Lipinski definition) is 6. The number of nitrogens with zero attached hydrogens (tertiary/aromatic N) is 1. The molecule has 10 heteroatoms. The summed E-state index contributed by atoms with van der Waals surface area (Å²) in [6.45, 7) is 23.8. The van der Waals surface area contributed by atoms with Crippen molar-refractivity contribution in [3.8, 4) is 0 Å². The Labute approximate surface area is 362 Å². The Balaban J connectivity index is 0.00000523. The first-order valence-electron chi connectivity index (χ1n) is 22.3. The third kappa shape index (κ3) is 15.2. The molecule has 8 atom stereocenters. The SMILES string of the molecule is CC(C)CCC[C@@H](C)[C@H]1CC[C@H]2[C@@H]3CC=C4C[C@@H](OC(=O)CCCC(=O)N(CCCCNCCC(C)(C)N)CCC(C)(C)N)CC[C@]4(C)[C@H]3CC[C@]12C.Cl.Cl.Cl. The third-order valence-corrected chi connectivity index (χ3v) is 14.7. The molecule has 0 saturated heterocycles. The number of nitrogens with one attached hydrogen (secondary N) is 1. The second-order valence-corrected chi connectivity index (χ2v) is 20.8. The summed E-state index contributed by atoms with van der Waals surface area (Å²) in [4.78, 5) is 28.4. The van der Waals surface area contributed by atoms with Crippen LogP contribution >= 0.6 is 37.2 Å². The van der Waals surface area contributed by atoms with Gasteiger partial charge in [-0.2, -0.15) is 0 Å². The average molecular weight is 851 g/mol. The molecule has 4 aliphatic carbocycles. The van der Waals surface area contributed by atoms with Crippen molar-refractivity contribution in [1.29, 1.82) is 0 Å². The number of carbonyl (C=O) groups excluding carboxylic acids is 2. The standard InChI is InChI=1S/C46H84N4O3.3ClH/c1-33(2)14-12-15-34(3)38-20-21-39-37-19-18-35-32-36(22-24-45(35,8)40(37)23-25-46(38,39)9)53-42(52)17-13-16-41(51)50(31-27-44(6,7)48)30-11-10-28-49-29-26-43(4,5)47;;;/h18,33-34,36-40,49H,10-17,19-32,47-48H2,1-9H3;3*1H/t34-,36+,37+,38-,39+,40+,45+,46-;;;/m1.../s1. The summed E-state index contributed by atoms with van der Waals surface area (Å²) in [5, 5.41) is 3.47. The molecule has 4 rings (SSSR count). The van der Waals surface area contributed by atoms with E-state index < -0.39 is 0 Å². The summed E-state index contributed by atoms with van der Waals surface area (Å²) in [6.07, 6.45) is 21.4. The lowest BCUT2D eigenvalue weighted by Gasteiger charge is -2.58. The lowest BCUT2D eigenvalue weighted by molar-refractivity contribution is -0.151. The number of ether oxygens (including phenoxy) is 1. The zero-order valence-corrected chi connectivity index (χ0v) is 39.7. The minimum Gasteiger partial charge on any atom is -0.462 e. The quantitative estimate of drug-likeness (QED) is 0.0603. The van der Waals surface area contributed by atoms with Gasteiger partial charge in [-0.25, -0.2) is 0 Å². The van der Waals surface area contributed by atoms with Gasteiger partial charge in [0.1, 0.15) is 6.10 Å². The van der Waals surface area contributed by atoms with Crippen LogP contribution in [0.4, 0.5) is 0 Å². The highest BCUT2D eigenvalue weighted by atomic mass is 35.5. The van der Waals surface area contributed by atoms with Crippen molar-refractivity contribution >= 4 is 49.1 Å². The van der Waals surface area contributed by atoms with E-state index in [0.717, 1.165) is 100 Å². The van der Waals surface area contributed by atoms with E-state index >= 15 is 0 Å². The first kappa shape index (κ1) is 53.4. The normalized spacial score (nSPS) is 29.0. The summed E-state index contributed by atoms with van der Waals surface area (Å²) in [7, 11) is 0. The number of allylic oxidation sites excluding steroid dienone is 1. The van der Waals surface area contributed by atoms with E-state index in [1.165, 1.54) is 51.4 Å². The molecule has 3 saturated carbocycles. The Kier molecular flexibility index (Phi) is 22.4. The van der Waals surface area contributed by atoms with Crippen LogP contribution in [0.15, 0.2) is 11.6 Å². The maximum absolute atomic E-state index is 13.3. The van der Waals surface area contributed by atoms with E-state index in [-0.39, 0.29) is 71.7 Å². The molecule has 56 heavy (non-hydrogen) atoms. The molecule has 3 fully saturated rings. The van der Waals surface area contributed by atoms with E-state index in [2.05, 4.69) is 46.0 Å². The lowest BCUT2D eigenvalue weighted by Crippen LogP contribution is -2.51. The van der Waals surface area contributed by atoms with Gasteiger partial charge in [0.2, 0.25) is 5.91 Å². The molecule has 0 spiro atoms. The maximum atomic E-state index is 13.3. The monoisotopic (exact) mass is 849 g/mol. The molecule has 0 heterocycles. The van der Waals surface area contributed by atoms with Crippen molar-refractivity contribution in [2.75, 3.05) is 26.2 Å². The summed E-state index contributed by atoms with van der Waals surface area (Å²) in [5.74, 6) is 4.96. The fraction of sp³-hybridized carbons (Fsp3) is 0.913. The van der Waals surface area contributed by atoms with Gasteiger partial charge in [-0.3, -0.25) is 9.59 Å². The van der Waals surface area contributed by atoms with E-state index in [1.54, 1.807) is 5.57 Å². The Morgan fingerprint density at radius 2 is 1.54 bits per heavy atom. The molecule has 0 radical (unpaired) electrons. The smallest absolute Gasteiger partial charge is 0.306 e. The maximum Gasteiger partial charge on any atom is 0.306 e. The van der Waals surface area contributed by atoms with E-state index in [0.29, 0.717) is 31.2 Å². The molecule has 0 bridgehead atoms. The van der Waals surface area contributed by atoms with Crippen LogP contribution in [0.3, 0.4) is 0 Å². The van der Waals surface area contributed by atoms with E-state index in [1.807, 2.05) is 32.6 Å². The van der Waals surface area contributed by atoms with Gasteiger partial charge in [-0.05, 0) is 164 Å². The van der Waals surface area contributed by atoms with Crippen molar-refractivity contribution in [3.63, 3.8) is 0 Å². The number of esters is 1. The van der Waals surface area contributed by atoms with Crippen LogP contribution in [0.5, 0.6) is 0 Å². The van der Waals surface area contributed by atoms with E-state index in [4.69, 9.17) is 16.2 Å². The second kappa shape index (κ2) is 23.4. The predicted molar refractivity (Wildman–Crippen MR) is 243 cm³/mol. The highest BCUT2D eigenvalue weighted by molar-refractivity contribution is 5.86. The predicted octanol–water partition coefficient (Wildman–Crippen LogP) is 10.8. The zero-order chi connectivity index (χ0) is 39.0. The highest BCUT2D eigenvalue weighted by Gasteiger charge is 2.59. The first-order valence-corrected chi connectivity index (χ1v) is 22.3. The molecule has 0 unspecified atom stereocenters. The molecule has 330 valence electrons. The number of rotatable bonds is 21. The van der Waals surface area contributed by atoms with Gasteiger partial charge >= 0.3 is 5.97 Å². The van der Waals surface area contributed by atoms with Crippen molar-refractivity contribution in [1.82, 2.24) is 10.2 Å². The van der Waals surface area contributed by atoms with Gasteiger partial charge in [-0.1, -0.05) is 65.5 Å². The van der Waals surface area contributed by atoms with Gasteiger partial charge in [0.05, 0.1) is 0 Å². The fourth-order valence-corrected chi connectivity index (χ4v) is 11.4. The number of carbonyl (C=O) groups is 2. The summed E-state index contributed by atoms with van der Waals surface area (Å²) >= 11 is 0. The molecule has 0 aromatic heterocycles. The van der Waals surface area contributed by atoms with Crippen LogP contribution in [0.25, 0.3) is 0 Å². The largest absolute Gasteiger partial charge is 0.462 e. The molecular weight excluding hydrogens is 763 g/mol. The van der Waals surface area contributed by atoms with Crippen molar-refractivity contribution in [2.45, 2.75) is 195 Å². The number of nitrogens with two attached hydrogens (primary N) is 2. The molecular formula is C46H87Cl3N4O3. The molecule has 1 amide bonds. The molecule has 5 N–H and O–H groups in total. The second-order valence-electron chi connectivity index (χ2n) is 20.8. The average Bonchev–Trinajstić information content (AvgIpc) is 3.42. The van der Waals surface area contributed by atoms with Gasteiger partial charge < -0.3 is 26.4 Å². The lowest BCUT2D eigenvalue weighted by atomic mass is 9.47. The number of unbranched alkanes of at least 4 members (excludes halogenated alkanes) is 1.